The topological polar surface area (TPSA) is 43.1 Å². The Labute approximate surface area is 99.1 Å². The molecule has 88 valence electrons. The van der Waals surface area contributed by atoms with Crippen LogP contribution < -0.4 is 0 Å². The van der Waals surface area contributed by atoms with Gasteiger partial charge in [0.05, 0.1) is 15.5 Å². The van der Waals surface area contributed by atoms with Gasteiger partial charge in [-0.3, -0.25) is 10.1 Å². The molecule has 9 heteroatoms. The van der Waals surface area contributed by atoms with Crippen molar-refractivity contribution in [3.05, 3.63) is 32.5 Å². The van der Waals surface area contributed by atoms with E-state index >= 15 is 0 Å². The first-order chi connectivity index (χ1) is 7.20. The van der Waals surface area contributed by atoms with Crippen molar-refractivity contribution in [3.63, 3.8) is 0 Å². The first-order valence-electron chi connectivity index (χ1n) is 3.60. The molecule has 0 saturated heterocycles. The van der Waals surface area contributed by atoms with E-state index in [1.54, 1.807) is 0 Å². The highest BCUT2D eigenvalue weighted by Crippen LogP contribution is 2.42. The smallest absolute Gasteiger partial charge is 0.258 e. The number of hydrogen-bond donors (Lipinski definition) is 0. The Hall–Kier alpha value is -0.830. The normalized spacial score (nSPS) is 11.6. The second kappa shape index (κ2) is 4.58. The van der Waals surface area contributed by atoms with Crippen molar-refractivity contribution in [1.82, 2.24) is 0 Å². The van der Waals surface area contributed by atoms with E-state index in [4.69, 9.17) is 0 Å². The van der Waals surface area contributed by atoms with Crippen LogP contribution in [0.5, 0.6) is 0 Å². The highest BCUT2D eigenvalue weighted by Gasteiger charge is 2.32. The Morgan fingerprint density at radius 2 is 1.94 bits per heavy atom. The van der Waals surface area contributed by atoms with Crippen LogP contribution in [-0.2, 0) is 0 Å². The molecule has 0 aliphatic carbocycles. The summed E-state index contributed by atoms with van der Waals surface area (Å²) < 4.78 is 48.7. The summed E-state index contributed by atoms with van der Waals surface area (Å²) in [5.74, 6) is -1.11. The third kappa shape index (κ3) is 3.34. The molecule has 0 spiro atoms. The lowest BCUT2D eigenvalue weighted by Crippen LogP contribution is -2.01. The van der Waals surface area contributed by atoms with Gasteiger partial charge in [0.2, 0.25) is 0 Å². The van der Waals surface area contributed by atoms with Crippen molar-refractivity contribution in [3.8, 4) is 0 Å². The maximum atomic E-state index is 13.0. The molecule has 0 bridgehead atoms. The first-order valence-corrected chi connectivity index (χ1v) is 5.21. The number of thioether (sulfide) groups is 1. The Balaban J connectivity index is 3.22. The van der Waals surface area contributed by atoms with Crippen LogP contribution in [-0.4, -0.2) is 10.4 Å². The zero-order chi connectivity index (χ0) is 12.5. The number of nitro groups is 1. The molecule has 3 nitrogen and oxygen atoms in total. The summed E-state index contributed by atoms with van der Waals surface area (Å²) >= 11 is 1.98. The fourth-order valence-electron chi connectivity index (χ4n) is 0.855. The van der Waals surface area contributed by atoms with Crippen molar-refractivity contribution < 1.29 is 22.5 Å². The molecule has 0 atom stereocenters. The van der Waals surface area contributed by atoms with Gasteiger partial charge >= 0.3 is 5.51 Å². The SMILES string of the molecule is O=[N+]([O-])c1cc(F)c(Br)c(SC(F)(F)F)c1. The van der Waals surface area contributed by atoms with E-state index in [-0.39, 0.29) is 0 Å². The molecule has 16 heavy (non-hydrogen) atoms. The van der Waals surface area contributed by atoms with Crippen molar-refractivity contribution >= 4 is 33.4 Å². The largest absolute Gasteiger partial charge is 0.446 e. The molecule has 0 aliphatic rings. The van der Waals surface area contributed by atoms with Gasteiger partial charge < -0.3 is 0 Å². The van der Waals surface area contributed by atoms with Gasteiger partial charge in [-0.1, -0.05) is 0 Å². The van der Waals surface area contributed by atoms with Crippen LogP contribution in [0.4, 0.5) is 23.2 Å². The molecule has 0 aromatic heterocycles. The summed E-state index contributed by atoms with van der Waals surface area (Å²) in [7, 11) is 0. The maximum Gasteiger partial charge on any atom is 0.446 e. The van der Waals surface area contributed by atoms with Gasteiger partial charge in [-0.25, -0.2) is 4.39 Å². The van der Waals surface area contributed by atoms with E-state index in [9.17, 15) is 27.7 Å². The summed E-state index contributed by atoms with van der Waals surface area (Å²) in [4.78, 5) is 8.77. The van der Waals surface area contributed by atoms with Crippen LogP contribution in [0.15, 0.2) is 21.5 Å². The fraction of sp³-hybridized carbons (Fsp3) is 0.143. The molecule has 1 aromatic carbocycles. The molecular weight excluding hydrogens is 318 g/mol. The van der Waals surface area contributed by atoms with E-state index < -0.39 is 43.1 Å². The molecule has 0 saturated carbocycles. The highest BCUT2D eigenvalue weighted by atomic mass is 79.9. The monoisotopic (exact) mass is 319 g/mol. The number of benzene rings is 1. The van der Waals surface area contributed by atoms with Crippen molar-refractivity contribution in [2.45, 2.75) is 10.4 Å². The molecule has 0 N–H and O–H groups in total. The van der Waals surface area contributed by atoms with E-state index in [1.165, 1.54) is 0 Å². The minimum atomic E-state index is -4.63. The predicted molar refractivity (Wildman–Crippen MR) is 52.7 cm³/mol. The molecule has 0 radical (unpaired) electrons. The standard InChI is InChI=1S/C7H2BrF4NO2S/c8-6-4(9)1-3(13(14)15)2-5(6)16-7(10,11)12/h1-2H. The van der Waals surface area contributed by atoms with Crippen LogP contribution in [0.2, 0.25) is 0 Å². The zero-order valence-corrected chi connectivity index (χ0v) is 9.62. The lowest BCUT2D eigenvalue weighted by molar-refractivity contribution is -0.385. The quantitative estimate of drug-likeness (QED) is 0.356. The molecule has 0 amide bonds. The van der Waals surface area contributed by atoms with Crippen LogP contribution in [0.25, 0.3) is 0 Å². The average Bonchev–Trinajstić information content (AvgIpc) is 2.10. The second-order valence-corrected chi connectivity index (χ2v) is 4.44. The van der Waals surface area contributed by atoms with Crippen LogP contribution in [0.1, 0.15) is 0 Å². The van der Waals surface area contributed by atoms with Crippen molar-refractivity contribution in [2.24, 2.45) is 0 Å². The summed E-state index contributed by atoms with van der Waals surface area (Å²) in [5.41, 5.74) is -5.36. The van der Waals surface area contributed by atoms with E-state index in [0.717, 1.165) is 0 Å². The number of hydrogen-bond acceptors (Lipinski definition) is 3. The number of nitro benzene ring substituents is 1. The highest BCUT2D eigenvalue weighted by molar-refractivity contribution is 9.10. The summed E-state index contributed by atoms with van der Waals surface area (Å²) in [6.45, 7) is 0. The Morgan fingerprint density at radius 3 is 2.38 bits per heavy atom. The number of alkyl halides is 3. The minimum absolute atomic E-state index is 0.444. The van der Waals surface area contributed by atoms with Gasteiger partial charge in [0.15, 0.2) is 0 Å². The minimum Gasteiger partial charge on any atom is -0.258 e. The van der Waals surface area contributed by atoms with Gasteiger partial charge in [0.25, 0.3) is 5.69 Å². The lowest BCUT2D eigenvalue weighted by Gasteiger charge is -2.07. The number of rotatable bonds is 2. The van der Waals surface area contributed by atoms with Gasteiger partial charge in [-0.15, -0.1) is 0 Å². The maximum absolute atomic E-state index is 13.0. The van der Waals surface area contributed by atoms with E-state index in [2.05, 4.69) is 15.9 Å². The van der Waals surface area contributed by atoms with E-state index in [0.29, 0.717) is 12.1 Å². The third-order valence-corrected chi connectivity index (χ3v) is 3.26. The summed E-state index contributed by atoms with van der Waals surface area (Å²) in [6.07, 6.45) is 0. The molecule has 1 rings (SSSR count). The zero-order valence-electron chi connectivity index (χ0n) is 7.22. The van der Waals surface area contributed by atoms with Crippen LogP contribution in [0, 0.1) is 15.9 Å². The third-order valence-electron chi connectivity index (χ3n) is 1.42. The summed E-state index contributed by atoms with van der Waals surface area (Å²) in [5, 5.41) is 10.3. The summed E-state index contributed by atoms with van der Waals surface area (Å²) in [6, 6.07) is 1.20. The lowest BCUT2D eigenvalue weighted by atomic mass is 10.3. The Kier molecular flexibility index (Phi) is 3.79. The van der Waals surface area contributed by atoms with Crippen molar-refractivity contribution in [2.75, 3.05) is 0 Å². The molecule has 0 heterocycles. The fourth-order valence-corrected chi connectivity index (χ4v) is 1.94. The number of nitrogens with zero attached hydrogens (tertiary/aromatic N) is 1. The number of halogens is 5. The molecule has 1 aromatic rings. The molecule has 0 unspecified atom stereocenters. The van der Waals surface area contributed by atoms with Crippen molar-refractivity contribution in [1.29, 1.82) is 0 Å². The van der Waals surface area contributed by atoms with Crippen LogP contribution >= 0.6 is 27.7 Å². The Bertz CT molecular complexity index is 437. The number of non-ortho nitro benzene ring substituents is 1. The Morgan fingerprint density at radius 1 is 1.38 bits per heavy atom. The van der Waals surface area contributed by atoms with Gasteiger partial charge in [0, 0.05) is 11.0 Å². The first kappa shape index (κ1) is 13.2. The van der Waals surface area contributed by atoms with Crippen LogP contribution in [0.3, 0.4) is 0 Å². The van der Waals surface area contributed by atoms with Gasteiger partial charge in [-0.05, 0) is 27.7 Å². The average molecular weight is 320 g/mol. The molecular formula is C7H2BrF4NO2S. The van der Waals surface area contributed by atoms with Gasteiger partial charge in [-0.2, -0.15) is 13.2 Å². The molecule has 0 aliphatic heterocycles. The van der Waals surface area contributed by atoms with E-state index in [1.807, 2.05) is 0 Å². The predicted octanol–water partition coefficient (Wildman–Crippen LogP) is 4.11. The van der Waals surface area contributed by atoms with Gasteiger partial charge in [0.1, 0.15) is 5.82 Å². The molecule has 0 fully saturated rings. The second-order valence-electron chi connectivity index (χ2n) is 2.54.